The molecule has 1 unspecified atom stereocenters. The van der Waals surface area contributed by atoms with Gasteiger partial charge in [0.15, 0.2) is 4.90 Å². The quantitative estimate of drug-likeness (QED) is 0.127. The Hall–Kier alpha value is -1.85. The minimum Gasteiger partial charge on any atom is -0.611 e. The summed E-state index contributed by atoms with van der Waals surface area (Å²) < 4.78 is 17.0. The summed E-state index contributed by atoms with van der Waals surface area (Å²) in [5.74, 6) is 1.55. The highest BCUT2D eigenvalue weighted by Crippen LogP contribution is 2.34. The molecule has 1 aromatic carbocycles. The number of aryl methyl sites for hydroxylation is 1. The van der Waals surface area contributed by atoms with Crippen molar-refractivity contribution in [2.45, 2.75) is 82.4 Å². The summed E-state index contributed by atoms with van der Waals surface area (Å²) >= 11 is -0.894. The predicted molar refractivity (Wildman–Crippen MR) is 136 cm³/mol. The number of allylic oxidation sites excluding steroid dienone is 4. The van der Waals surface area contributed by atoms with E-state index >= 15 is 0 Å². The first-order chi connectivity index (χ1) is 16.0. The summed E-state index contributed by atoms with van der Waals surface area (Å²) in [6.07, 6.45) is 18.5. The van der Waals surface area contributed by atoms with E-state index in [1.807, 2.05) is 31.2 Å². The van der Waals surface area contributed by atoms with Gasteiger partial charge < -0.3 is 9.29 Å². The third-order valence-corrected chi connectivity index (χ3v) is 7.83. The van der Waals surface area contributed by atoms with Crippen LogP contribution in [-0.4, -0.2) is 29.2 Å². The Balaban J connectivity index is 1.57. The van der Waals surface area contributed by atoms with Crippen molar-refractivity contribution in [3.63, 3.8) is 0 Å². The van der Waals surface area contributed by atoms with E-state index in [4.69, 9.17) is 0 Å². The van der Waals surface area contributed by atoms with Crippen LogP contribution in [0.25, 0.3) is 0 Å². The minimum atomic E-state index is -0.894. The number of methoxy groups -OCH3 is 1. The topological polar surface area (TPSA) is 66.4 Å². The van der Waals surface area contributed by atoms with E-state index in [0.29, 0.717) is 24.5 Å². The van der Waals surface area contributed by atoms with Crippen LogP contribution in [0.3, 0.4) is 0 Å². The standard InChI is InChI=1S/C28H40O4S/c1-23-16-19-25(20-17-23)33(31)22-12-8-4-3-5-9-13-24-18-21-27(29)26(24)14-10-6-7-11-15-28(30)32-2/h5-6,9-10,16-17,19-20,24,26H,3-4,7-8,11-15,18,21-22H2,1-2H3/b9-5+,10-6-/t24-,26+,33?/m0/s1. The van der Waals surface area contributed by atoms with Crippen molar-refractivity contribution in [1.82, 2.24) is 0 Å². The summed E-state index contributed by atoms with van der Waals surface area (Å²) in [5, 5.41) is 0. The average molecular weight is 473 g/mol. The van der Waals surface area contributed by atoms with E-state index in [-0.39, 0.29) is 11.9 Å². The lowest BCUT2D eigenvalue weighted by Crippen LogP contribution is -2.13. The molecule has 0 aliphatic heterocycles. The molecule has 0 saturated heterocycles. The van der Waals surface area contributed by atoms with Gasteiger partial charge in [0, 0.05) is 18.8 Å². The van der Waals surface area contributed by atoms with Crippen molar-refractivity contribution in [2.75, 3.05) is 12.9 Å². The Bertz CT molecular complexity index is 769. The zero-order chi connectivity index (χ0) is 23.9. The van der Waals surface area contributed by atoms with Crippen molar-refractivity contribution in [3.8, 4) is 0 Å². The van der Waals surface area contributed by atoms with Crippen molar-refractivity contribution < 1.29 is 18.9 Å². The zero-order valence-corrected chi connectivity index (χ0v) is 21.1. The predicted octanol–water partition coefficient (Wildman–Crippen LogP) is 6.49. The van der Waals surface area contributed by atoms with E-state index in [1.54, 1.807) is 0 Å². The van der Waals surface area contributed by atoms with E-state index in [1.165, 1.54) is 12.7 Å². The first-order valence-electron chi connectivity index (χ1n) is 12.4. The molecule has 0 N–H and O–H groups in total. The third kappa shape index (κ3) is 10.7. The van der Waals surface area contributed by atoms with E-state index in [2.05, 4.69) is 29.0 Å². The van der Waals surface area contributed by atoms with Crippen LogP contribution in [0.4, 0.5) is 0 Å². The molecule has 1 aliphatic carbocycles. The molecule has 0 spiro atoms. The molecule has 182 valence electrons. The van der Waals surface area contributed by atoms with Crippen LogP contribution in [0.2, 0.25) is 0 Å². The largest absolute Gasteiger partial charge is 0.611 e. The SMILES string of the molecule is COC(=O)CCC/C=C\C[C@H]1C(=O)CC[C@@H]1C/C=C/CCCCC[S+]([O-])c1ccc(C)cc1. The lowest BCUT2D eigenvalue weighted by Gasteiger charge is -2.14. The van der Waals surface area contributed by atoms with Crippen LogP contribution >= 0.6 is 0 Å². The Morgan fingerprint density at radius 2 is 1.73 bits per heavy atom. The van der Waals surface area contributed by atoms with Gasteiger partial charge in [0.25, 0.3) is 0 Å². The van der Waals surface area contributed by atoms with Gasteiger partial charge in [-0.05, 0) is 93.9 Å². The molecule has 0 radical (unpaired) electrons. The lowest BCUT2D eigenvalue weighted by atomic mass is 9.89. The average Bonchev–Trinajstić information content (AvgIpc) is 3.17. The van der Waals surface area contributed by atoms with Crippen LogP contribution < -0.4 is 0 Å². The van der Waals surface area contributed by atoms with Gasteiger partial charge in [-0.3, -0.25) is 9.59 Å². The van der Waals surface area contributed by atoms with E-state index < -0.39 is 11.2 Å². The van der Waals surface area contributed by atoms with Gasteiger partial charge in [-0.2, -0.15) is 0 Å². The van der Waals surface area contributed by atoms with Gasteiger partial charge in [-0.15, -0.1) is 0 Å². The van der Waals surface area contributed by atoms with Gasteiger partial charge in [-0.1, -0.05) is 42.0 Å². The van der Waals surface area contributed by atoms with E-state index in [0.717, 1.165) is 68.4 Å². The molecular weight excluding hydrogens is 432 g/mol. The monoisotopic (exact) mass is 472 g/mol. The number of hydrogen-bond donors (Lipinski definition) is 0. The summed E-state index contributed by atoms with van der Waals surface area (Å²) in [7, 11) is 1.41. The second-order valence-corrected chi connectivity index (χ2v) is 10.5. The molecule has 0 bridgehead atoms. The molecule has 0 aromatic heterocycles. The second-order valence-electron chi connectivity index (χ2n) is 8.97. The minimum absolute atomic E-state index is 0.142. The Morgan fingerprint density at radius 3 is 2.45 bits per heavy atom. The smallest absolute Gasteiger partial charge is 0.305 e. The fourth-order valence-corrected chi connectivity index (χ4v) is 5.42. The number of unbranched alkanes of at least 4 members (excludes halogenated alkanes) is 4. The summed E-state index contributed by atoms with van der Waals surface area (Å²) in [6.45, 7) is 2.04. The Labute approximate surface area is 203 Å². The number of Topliss-reactive ketones (excluding diaryl/α,β-unsaturated/α-hetero) is 1. The normalized spacial score (nSPS) is 19.5. The summed E-state index contributed by atoms with van der Waals surface area (Å²) in [4.78, 5) is 24.3. The van der Waals surface area contributed by atoms with Crippen molar-refractivity contribution in [3.05, 3.63) is 54.1 Å². The number of esters is 1. The number of rotatable bonds is 15. The number of ether oxygens (including phenoxy) is 1. The third-order valence-electron chi connectivity index (χ3n) is 6.37. The van der Waals surface area contributed by atoms with Crippen molar-refractivity contribution in [2.24, 2.45) is 11.8 Å². The number of carbonyl (C=O) groups is 2. The fraction of sp³-hybridized carbons (Fsp3) is 0.571. The van der Waals surface area contributed by atoms with Gasteiger partial charge in [-0.25, -0.2) is 0 Å². The molecule has 1 aliphatic rings. The van der Waals surface area contributed by atoms with Crippen LogP contribution in [-0.2, 0) is 25.5 Å². The molecule has 1 aromatic rings. The van der Waals surface area contributed by atoms with Gasteiger partial charge in [0.1, 0.15) is 11.5 Å². The maximum absolute atomic E-state index is 12.3. The molecule has 3 atom stereocenters. The number of benzene rings is 1. The highest BCUT2D eigenvalue weighted by atomic mass is 32.2. The first-order valence-corrected chi connectivity index (χ1v) is 13.7. The van der Waals surface area contributed by atoms with Crippen LogP contribution in [0.1, 0.15) is 76.2 Å². The van der Waals surface area contributed by atoms with Gasteiger partial charge in [0.2, 0.25) is 0 Å². The molecule has 4 nitrogen and oxygen atoms in total. The molecule has 5 heteroatoms. The molecule has 0 heterocycles. The van der Waals surface area contributed by atoms with Crippen LogP contribution in [0.5, 0.6) is 0 Å². The fourth-order valence-electron chi connectivity index (χ4n) is 4.28. The maximum atomic E-state index is 12.3. The number of carbonyl (C=O) groups excluding carboxylic acids is 2. The Kier molecular flexibility index (Phi) is 13.2. The van der Waals surface area contributed by atoms with Crippen LogP contribution in [0, 0.1) is 18.8 Å². The lowest BCUT2D eigenvalue weighted by molar-refractivity contribution is -0.140. The zero-order valence-electron chi connectivity index (χ0n) is 20.3. The molecule has 2 rings (SSSR count). The molecule has 1 saturated carbocycles. The maximum Gasteiger partial charge on any atom is 0.305 e. The van der Waals surface area contributed by atoms with Crippen LogP contribution in [0.15, 0.2) is 53.5 Å². The second kappa shape index (κ2) is 15.9. The first kappa shape index (κ1) is 27.4. The molecular formula is C28H40O4S. The number of ketones is 1. The summed E-state index contributed by atoms with van der Waals surface area (Å²) in [5.41, 5.74) is 1.19. The summed E-state index contributed by atoms with van der Waals surface area (Å²) in [6, 6.07) is 7.97. The molecule has 1 fully saturated rings. The molecule has 0 amide bonds. The van der Waals surface area contributed by atoms with Crippen molar-refractivity contribution >= 4 is 22.9 Å². The Morgan fingerprint density at radius 1 is 1.03 bits per heavy atom. The molecule has 33 heavy (non-hydrogen) atoms. The highest BCUT2D eigenvalue weighted by Gasteiger charge is 2.32. The van der Waals surface area contributed by atoms with Gasteiger partial charge in [0.05, 0.1) is 7.11 Å². The van der Waals surface area contributed by atoms with Gasteiger partial charge >= 0.3 is 5.97 Å². The van der Waals surface area contributed by atoms with Crippen molar-refractivity contribution in [1.29, 1.82) is 0 Å². The van der Waals surface area contributed by atoms with E-state index in [9.17, 15) is 14.1 Å². The number of hydrogen-bond acceptors (Lipinski definition) is 4. The highest BCUT2D eigenvalue weighted by molar-refractivity contribution is 7.91.